The summed E-state index contributed by atoms with van der Waals surface area (Å²) in [6.45, 7) is 5.67. The van der Waals surface area contributed by atoms with Gasteiger partial charge >= 0.3 is 0 Å². The summed E-state index contributed by atoms with van der Waals surface area (Å²) in [5.41, 5.74) is 4.14. The zero-order chi connectivity index (χ0) is 16.4. The Morgan fingerprint density at radius 3 is 2.12 bits per heavy atom. The number of halogens is 2. The van der Waals surface area contributed by atoms with Gasteiger partial charge in [0, 0.05) is 32.7 Å². The topological polar surface area (TPSA) is 6.48 Å². The molecule has 0 aromatic heterocycles. The average molecular weight is 389 g/mol. The second kappa shape index (κ2) is 9.38. The number of hydrogen-bond donors (Lipinski definition) is 0. The van der Waals surface area contributed by atoms with Crippen molar-refractivity contribution in [3.63, 3.8) is 0 Å². The van der Waals surface area contributed by atoms with Crippen LogP contribution in [0.3, 0.4) is 0 Å². The summed E-state index contributed by atoms with van der Waals surface area (Å²) in [5, 5.41) is 2.65. The van der Waals surface area contributed by atoms with Crippen molar-refractivity contribution in [1.29, 1.82) is 0 Å². The minimum Gasteiger partial charge on any atom is -0.304 e. The van der Waals surface area contributed by atoms with Crippen LogP contribution in [0.2, 0.25) is 0 Å². The van der Waals surface area contributed by atoms with Crippen LogP contribution in [0.15, 0.2) is 66.7 Å². The molecule has 2 nitrogen and oxygen atoms in total. The predicted molar refractivity (Wildman–Crippen MR) is 117 cm³/mol. The first kappa shape index (κ1) is 20.7. The highest BCUT2D eigenvalue weighted by atomic mass is 35.5. The van der Waals surface area contributed by atoms with Gasteiger partial charge in [-0.2, -0.15) is 0 Å². The summed E-state index contributed by atoms with van der Waals surface area (Å²) >= 11 is 0. The van der Waals surface area contributed by atoms with E-state index in [1.165, 1.54) is 27.5 Å². The molecule has 0 unspecified atom stereocenters. The van der Waals surface area contributed by atoms with E-state index in [4.69, 9.17) is 0 Å². The predicted octanol–water partition coefficient (Wildman–Crippen LogP) is 5.10. The number of hydrogen-bond acceptors (Lipinski definition) is 2. The number of rotatable bonds is 3. The number of fused-ring (bicyclic) bond motifs is 1. The van der Waals surface area contributed by atoms with Gasteiger partial charge in [-0.25, -0.2) is 0 Å². The Kier molecular flexibility index (Phi) is 7.48. The molecular weight excluding hydrogens is 363 g/mol. The fraction of sp³-hybridized carbons (Fsp3) is 0.273. The normalized spacial score (nSPS) is 15.3. The van der Waals surface area contributed by atoms with Crippen molar-refractivity contribution < 1.29 is 0 Å². The van der Waals surface area contributed by atoms with Crippen molar-refractivity contribution in [2.24, 2.45) is 0 Å². The maximum Gasteiger partial charge on any atom is 0.0240 e. The van der Waals surface area contributed by atoms with Crippen LogP contribution in [0.4, 0.5) is 0 Å². The lowest BCUT2D eigenvalue weighted by Gasteiger charge is -2.32. The van der Waals surface area contributed by atoms with E-state index < -0.39 is 0 Å². The Morgan fingerprint density at radius 1 is 0.692 bits per heavy atom. The molecule has 0 bridgehead atoms. The van der Waals surface area contributed by atoms with E-state index in [9.17, 15) is 0 Å². The Labute approximate surface area is 168 Å². The minimum atomic E-state index is 0. The summed E-state index contributed by atoms with van der Waals surface area (Å²) in [6.07, 6.45) is 0. The van der Waals surface area contributed by atoms with E-state index in [-0.39, 0.29) is 24.8 Å². The molecule has 138 valence electrons. The number of benzene rings is 3. The van der Waals surface area contributed by atoms with Crippen LogP contribution in [-0.2, 0) is 6.54 Å². The molecule has 3 aromatic rings. The molecule has 0 saturated carbocycles. The Morgan fingerprint density at radius 2 is 1.31 bits per heavy atom. The molecule has 26 heavy (non-hydrogen) atoms. The summed E-state index contributed by atoms with van der Waals surface area (Å²) in [5.74, 6) is 0. The number of likely N-dealkylation sites (N-methyl/N-ethyl adjacent to an activating group) is 1. The molecule has 1 aliphatic heterocycles. The van der Waals surface area contributed by atoms with Crippen LogP contribution in [0.1, 0.15) is 5.56 Å². The first-order valence-electron chi connectivity index (χ1n) is 8.78. The second-order valence-electron chi connectivity index (χ2n) is 6.76. The summed E-state index contributed by atoms with van der Waals surface area (Å²) in [7, 11) is 2.21. The van der Waals surface area contributed by atoms with E-state index in [2.05, 4.69) is 83.6 Å². The van der Waals surface area contributed by atoms with Crippen LogP contribution in [0, 0.1) is 0 Å². The van der Waals surface area contributed by atoms with Gasteiger partial charge in [-0.05, 0) is 34.5 Å². The van der Waals surface area contributed by atoms with Crippen LogP contribution >= 0.6 is 24.8 Å². The molecule has 4 rings (SSSR count). The quantitative estimate of drug-likeness (QED) is 0.615. The lowest BCUT2D eigenvalue weighted by Crippen LogP contribution is -2.43. The highest BCUT2D eigenvalue weighted by Gasteiger charge is 2.16. The van der Waals surface area contributed by atoms with Crippen LogP contribution < -0.4 is 0 Å². The van der Waals surface area contributed by atoms with E-state index in [0.29, 0.717) is 0 Å². The molecule has 0 N–H and O–H groups in total. The van der Waals surface area contributed by atoms with Gasteiger partial charge in [-0.3, -0.25) is 4.90 Å². The maximum absolute atomic E-state index is 2.57. The average Bonchev–Trinajstić information content (AvgIpc) is 2.64. The van der Waals surface area contributed by atoms with Gasteiger partial charge in [0.2, 0.25) is 0 Å². The van der Waals surface area contributed by atoms with E-state index in [1.807, 2.05) is 0 Å². The van der Waals surface area contributed by atoms with E-state index >= 15 is 0 Å². The number of nitrogens with zero attached hydrogens (tertiary/aromatic N) is 2. The molecule has 1 heterocycles. The molecule has 0 spiro atoms. The SMILES string of the molecule is CN1CCN(Cc2ccccc2-c2cccc3ccccc23)CC1.Cl.Cl. The fourth-order valence-electron chi connectivity index (χ4n) is 3.63. The Hall–Kier alpha value is -1.58. The lowest BCUT2D eigenvalue weighted by molar-refractivity contribution is 0.148. The number of piperazine rings is 1. The first-order chi connectivity index (χ1) is 11.8. The molecular formula is C22H26Cl2N2. The van der Waals surface area contributed by atoms with Crippen LogP contribution in [0.25, 0.3) is 21.9 Å². The van der Waals surface area contributed by atoms with Crippen LogP contribution in [0.5, 0.6) is 0 Å². The van der Waals surface area contributed by atoms with Gasteiger partial charge in [-0.1, -0.05) is 66.7 Å². The highest BCUT2D eigenvalue weighted by molar-refractivity contribution is 5.97. The summed E-state index contributed by atoms with van der Waals surface area (Å²) < 4.78 is 0. The van der Waals surface area contributed by atoms with Crippen molar-refractivity contribution in [3.8, 4) is 11.1 Å². The molecule has 1 aliphatic rings. The summed E-state index contributed by atoms with van der Waals surface area (Å²) in [6, 6.07) is 24.2. The summed E-state index contributed by atoms with van der Waals surface area (Å²) in [4.78, 5) is 4.98. The highest BCUT2D eigenvalue weighted by Crippen LogP contribution is 2.31. The Bertz CT molecular complexity index is 837. The fourth-order valence-corrected chi connectivity index (χ4v) is 3.63. The molecule has 1 saturated heterocycles. The molecule has 4 heteroatoms. The molecule has 0 radical (unpaired) electrons. The van der Waals surface area contributed by atoms with Gasteiger partial charge < -0.3 is 4.90 Å². The second-order valence-corrected chi connectivity index (χ2v) is 6.76. The van der Waals surface area contributed by atoms with Crippen molar-refractivity contribution in [2.75, 3.05) is 33.2 Å². The van der Waals surface area contributed by atoms with Crippen LogP contribution in [-0.4, -0.2) is 43.0 Å². The van der Waals surface area contributed by atoms with Gasteiger partial charge in [-0.15, -0.1) is 24.8 Å². The van der Waals surface area contributed by atoms with Gasteiger partial charge in [0.15, 0.2) is 0 Å². The molecule has 0 atom stereocenters. The van der Waals surface area contributed by atoms with Crippen molar-refractivity contribution in [1.82, 2.24) is 9.80 Å². The maximum atomic E-state index is 2.57. The van der Waals surface area contributed by atoms with Crippen molar-refractivity contribution >= 4 is 35.6 Å². The van der Waals surface area contributed by atoms with Gasteiger partial charge in [0.25, 0.3) is 0 Å². The zero-order valence-corrected chi connectivity index (χ0v) is 16.7. The van der Waals surface area contributed by atoms with E-state index in [1.54, 1.807) is 0 Å². The smallest absolute Gasteiger partial charge is 0.0240 e. The standard InChI is InChI=1S/C22H24N2.2ClH/c1-23-13-15-24(16-14-23)17-19-8-3-5-11-21(19)22-12-6-9-18-7-2-4-10-20(18)22;;/h2-12H,13-17H2,1H3;2*1H. The molecule has 1 fully saturated rings. The largest absolute Gasteiger partial charge is 0.304 e. The van der Waals surface area contributed by atoms with Gasteiger partial charge in [0.05, 0.1) is 0 Å². The van der Waals surface area contributed by atoms with Gasteiger partial charge in [0.1, 0.15) is 0 Å². The monoisotopic (exact) mass is 388 g/mol. The van der Waals surface area contributed by atoms with Crippen molar-refractivity contribution in [3.05, 3.63) is 72.3 Å². The molecule has 3 aromatic carbocycles. The third-order valence-corrected chi connectivity index (χ3v) is 5.09. The Balaban J connectivity index is 0.00000121. The molecule has 0 amide bonds. The van der Waals surface area contributed by atoms with Crippen molar-refractivity contribution in [2.45, 2.75) is 6.54 Å². The lowest BCUT2D eigenvalue weighted by atomic mass is 9.94. The zero-order valence-electron chi connectivity index (χ0n) is 15.1. The van der Waals surface area contributed by atoms with E-state index in [0.717, 1.165) is 32.7 Å². The third kappa shape index (κ3) is 4.39. The first-order valence-corrected chi connectivity index (χ1v) is 8.78. The molecule has 0 aliphatic carbocycles. The minimum absolute atomic E-state index is 0. The third-order valence-electron chi connectivity index (χ3n) is 5.09.